The number of carbonyl (C=O) groups is 2. The third kappa shape index (κ3) is 4.67. The molecule has 0 radical (unpaired) electrons. The van der Waals surface area contributed by atoms with Gasteiger partial charge >= 0.3 is 5.97 Å². The SMILES string of the molecule is CCOC(=O)c1cc2n(n1)CCCN(C(=O)COc1cccc(CC)c1)C2. The summed E-state index contributed by atoms with van der Waals surface area (Å²) < 4.78 is 12.5. The van der Waals surface area contributed by atoms with Gasteiger partial charge in [-0.1, -0.05) is 19.1 Å². The molecule has 144 valence electrons. The minimum atomic E-state index is -0.435. The largest absolute Gasteiger partial charge is 0.484 e. The molecule has 0 spiro atoms. The van der Waals surface area contributed by atoms with Crippen LogP contribution in [0.4, 0.5) is 0 Å². The lowest BCUT2D eigenvalue weighted by atomic mass is 10.2. The van der Waals surface area contributed by atoms with Crippen molar-refractivity contribution >= 4 is 11.9 Å². The summed E-state index contributed by atoms with van der Waals surface area (Å²) in [5, 5.41) is 4.31. The van der Waals surface area contributed by atoms with E-state index in [-0.39, 0.29) is 18.2 Å². The number of benzene rings is 1. The van der Waals surface area contributed by atoms with Crippen LogP contribution in [0.25, 0.3) is 0 Å². The number of nitrogens with zero attached hydrogens (tertiary/aromatic N) is 3. The number of carbonyl (C=O) groups excluding carboxylic acids is 2. The van der Waals surface area contributed by atoms with Gasteiger partial charge in [0.2, 0.25) is 0 Å². The average Bonchev–Trinajstić information content (AvgIpc) is 2.98. The molecule has 0 unspecified atom stereocenters. The van der Waals surface area contributed by atoms with Gasteiger partial charge in [0.15, 0.2) is 12.3 Å². The number of ether oxygens (including phenoxy) is 2. The zero-order valence-corrected chi connectivity index (χ0v) is 15.8. The van der Waals surface area contributed by atoms with E-state index < -0.39 is 5.97 Å². The molecule has 0 aliphatic carbocycles. The van der Waals surface area contributed by atoms with Crippen molar-refractivity contribution in [1.29, 1.82) is 0 Å². The predicted octanol–water partition coefficient (Wildman–Crippen LogP) is 2.43. The number of aryl methyl sites for hydroxylation is 2. The van der Waals surface area contributed by atoms with E-state index >= 15 is 0 Å². The number of rotatable bonds is 6. The third-order valence-electron chi connectivity index (χ3n) is 4.52. The van der Waals surface area contributed by atoms with Crippen molar-refractivity contribution in [2.45, 2.75) is 39.8 Å². The van der Waals surface area contributed by atoms with Crippen LogP contribution in [0.5, 0.6) is 5.75 Å². The molecule has 2 heterocycles. The van der Waals surface area contributed by atoms with Gasteiger partial charge in [-0.2, -0.15) is 5.10 Å². The third-order valence-corrected chi connectivity index (χ3v) is 4.52. The van der Waals surface area contributed by atoms with Gasteiger partial charge in [-0.15, -0.1) is 0 Å². The van der Waals surface area contributed by atoms with Crippen molar-refractivity contribution in [1.82, 2.24) is 14.7 Å². The lowest BCUT2D eigenvalue weighted by Crippen LogP contribution is -2.34. The molecule has 0 atom stereocenters. The van der Waals surface area contributed by atoms with Crippen LogP contribution in [0.15, 0.2) is 30.3 Å². The van der Waals surface area contributed by atoms with Crippen LogP contribution in [0.1, 0.15) is 42.0 Å². The average molecular weight is 371 g/mol. The highest BCUT2D eigenvalue weighted by atomic mass is 16.5. The minimum Gasteiger partial charge on any atom is -0.484 e. The summed E-state index contributed by atoms with van der Waals surface area (Å²) in [6.07, 6.45) is 1.69. The minimum absolute atomic E-state index is 0.00790. The second-order valence-corrected chi connectivity index (χ2v) is 6.42. The summed E-state index contributed by atoms with van der Waals surface area (Å²) >= 11 is 0. The Hall–Kier alpha value is -2.83. The van der Waals surface area contributed by atoms with Crippen LogP contribution in [0, 0.1) is 0 Å². The Balaban J connectivity index is 1.63. The van der Waals surface area contributed by atoms with Crippen molar-refractivity contribution in [2.24, 2.45) is 0 Å². The van der Waals surface area contributed by atoms with E-state index in [1.54, 1.807) is 22.6 Å². The first-order valence-electron chi connectivity index (χ1n) is 9.34. The molecule has 1 aliphatic heterocycles. The first kappa shape index (κ1) is 18.9. The lowest BCUT2D eigenvalue weighted by molar-refractivity contribution is -0.134. The Labute approximate surface area is 158 Å². The Kier molecular flexibility index (Phi) is 6.11. The Morgan fingerprint density at radius 3 is 2.81 bits per heavy atom. The smallest absolute Gasteiger partial charge is 0.358 e. The molecule has 1 aliphatic rings. The number of aromatic nitrogens is 2. The Bertz CT molecular complexity index is 815. The molecule has 0 saturated heterocycles. The molecule has 7 nitrogen and oxygen atoms in total. The van der Waals surface area contributed by atoms with Crippen LogP contribution >= 0.6 is 0 Å². The maximum Gasteiger partial charge on any atom is 0.358 e. The van der Waals surface area contributed by atoms with Crippen LogP contribution < -0.4 is 4.74 Å². The molecular weight excluding hydrogens is 346 g/mol. The van der Waals surface area contributed by atoms with Crippen LogP contribution in [0.2, 0.25) is 0 Å². The molecular formula is C20H25N3O4. The number of hydrogen-bond donors (Lipinski definition) is 0. The standard InChI is InChI=1S/C20H25N3O4/c1-3-15-7-5-8-17(11-15)27-14-19(24)22-9-6-10-23-16(13-22)12-18(21-23)20(25)26-4-2/h5,7-8,11-12H,3-4,6,9-10,13-14H2,1-2H3. The second-order valence-electron chi connectivity index (χ2n) is 6.42. The molecule has 0 fully saturated rings. The van der Waals surface area contributed by atoms with E-state index in [0.29, 0.717) is 32.0 Å². The summed E-state index contributed by atoms with van der Waals surface area (Å²) in [5.74, 6) is 0.187. The molecule has 1 aromatic carbocycles. The quantitative estimate of drug-likeness (QED) is 0.729. The molecule has 3 rings (SSSR count). The van der Waals surface area contributed by atoms with Gasteiger partial charge in [0, 0.05) is 13.1 Å². The molecule has 7 heteroatoms. The van der Waals surface area contributed by atoms with E-state index in [0.717, 1.165) is 18.5 Å². The van der Waals surface area contributed by atoms with Gasteiger partial charge in [0.25, 0.3) is 5.91 Å². The maximum absolute atomic E-state index is 12.6. The van der Waals surface area contributed by atoms with Gasteiger partial charge in [-0.05, 0) is 43.5 Å². The molecule has 0 saturated carbocycles. The van der Waals surface area contributed by atoms with Gasteiger partial charge in [0.1, 0.15) is 5.75 Å². The van der Waals surface area contributed by atoms with E-state index in [2.05, 4.69) is 12.0 Å². The van der Waals surface area contributed by atoms with Gasteiger partial charge in [0.05, 0.1) is 18.8 Å². The Morgan fingerprint density at radius 1 is 1.19 bits per heavy atom. The molecule has 1 amide bonds. The fraction of sp³-hybridized carbons (Fsp3) is 0.450. The van der Waals surface area contributed by atoms with Gasteiger partial charge < -0.3 is 14.4 Å². The van der Waals surface area contributed by atoms with Crippen molar-refractivity contribution in [2.75, 3.05) is 19.8 Å². The maximum atomic E-state index is 12.6. The van der Waals surface area contributed by atoms with Gasteiger partial charge in [-0.25, -0.2) is 4.79 Å². The van der Waals surface area contributed by atoms with E-state index in [9.17, 15) is 9.59 Å². The fourth-order valence-corrected chi connectivity index (χ4v) is 3.07. The number of fused-ring (bicyclic) bond motifs is 1. The number of esters is 1. The topological polar surface area (TPSA) is 73.7 Å². The summed E-state index contributed by atoms with van der Waals surface area (Å²) in [6.45, 7) is 5.84. The summed E-state index contributed by atoms with van der Waals surface area (Å²) in [4.78, 5) is 26.2. The second kappa shape index (κ2) is 8.70. The fourth-order valence-electron chi connectivity index (χ4n) is 3.07. The van der Waals surface area contributed by atoms with Crippen LogP contribution in [-0.4, -0.2) is 46.3 Å². The van der Waals surface area contributed by atoms with E-state index in [1.165, 1.54) is 5.56 Å². The van der Waals surface area contributed by atoms with E-state index in [4.69, 9.17) is 9.47 Å². The normalized spacial score (nSPS) is 13.6. The Morgan fingerprint density at radius 2 is 2.04 bits per heavy atom. The highest BCUT2D eigenvalue weighted by molar-refractivity contribution is 5.87. The molecule has 0 bridgehead atoms. The van der Waals surface area contributed by atoms with Crippen LogP contribution in [0.3, 0.4) is 0 Å². The van der Waals surface area contributed by atoms with Crippen LogP contribution in [-0.2, 0) is 29.0 Å². The van der Waals surface area contributed by atoms with Crippen molar-refractivity contribution in [3.63, 3.8) is 0 Å². The first-order valence-corrected chi connectivity index (χ1v) is 9.34. The molecule has 27 heavy (non-hydrogen) atoms. The molecule has 0 N–H and O–H groups in total. The summed E-state index contributed by atoms with van der Waals surface area (Å²) in [6, 6.07) is 9.48. The number of amides is 1. The van der Waals surface area contributed by atoms with Crippen molar-refractivity contribution < 1.29 is 19.1 Å². The van der Waals surface area contributed by atoms with E-state index in [1.807, 2.05) is 24.3 Å². The predicted molar refractivity (Wildman–Crippen MR) is 99.5 cm³/mol. The lowest BCUT2D eigenvalue weighted by Gasteiger charge is -2.20. The van der Waals surface area contributed by atoms with Crippen molar-refractivity contribution in [3.05, 3.63) is 47.3 Å². The summed E-state index contributed by atoms with van der Waals surface area (Å²) in [5.41, 5.74) is 2.29. The molecule has 2 aromatic rings. The van der Waals surface area contributed by atoms with Crippen molar-refractivity contribution in [3.8, 4) is 5.75 Å². The summed E-state index contributed by atoms with van der Waals surface area (Å²) in [7, 11) is 0. The monoisotopic (exact) mass is 371 g/mol. The number of hydrogen-bond acceptors (Lipinski definition) is 5. The highest BCUT2D eigenvalue weighted by Gasteiger charge is 2.23. The highest BCUT2D eigenvalue weighted by Crippen LogP contribution is 2.17. The van der Waals surface area contributed by atoms with Gasteiger partial charge in [-0.3, -0.25) is 9.48 Å². The zero-order valence-electron chi connectivity index (χ0n) is 15.8. The molecule has 1 aromatic heterocycles. The zero-order chi connectivity index (χ0) is 19.2. The first-order chi connectivity index (χ1) is 13.1.